The second-order valence-corrected chi connectivity index (χ2v) is 5.24. The summed E-state index contributed by atoms with van der Waals surface area (Å²) < 4.78 is 0. The van der Waals surface area contributed by atoms with Gasteiger partial charge in [-0.25, -0.2) is 9.97 Å². The number of rotatable bonds is 3. The van der Waals surface area contributed by atoms with Crippen molar-refractivity contribution in [3.05, 3.63) is 16.4 Å². The standard InChI is InChI=1S/C11H17N5O2/c1-11(2)4-5-15(6-11)10-8(16(17)18)9(12-3)13-7-14-10/h7H,4-6H2,1-3H3,(H,12,13,14). The molecule has 0 aliphatic carbocycles. The van der Waals surface area contributed by atoms with Crippen molar-refractivity contribution in [3.63, 3.8) is 0 Å². The van der Waals surface area contributed by atoms with Crippen LogP contribution in [0, 0.1) is 15.5 Å². The number of nitro groups is 1. The minimum Gasteiger partial charge on any atom is -0.367 e. The first kappa shape index (κ1) is 12.5. The highest BCUT2D eigenvalue weighted by Crippen LogP contribution is 2.37. The van der Waals surface area contributed by atoms with Crippen molar-refractivity contribution >= 4 is 17.3 Å². The fourth-order valence-electron chi connectivity index (χ4n) is 2.25. The maximum Gasteiger partial charge on any atom is 0.353 e. The minimum absolute atomic E-state index is 0.0438. The average Bonchev–Trinajstić information content (AvgIpc) is 2.68. The summed E-state index contributed by atoms with van der Waals surface area (Å²) in [5, 5.41) is 13.9. The first-order chi connectivity index (χ1) is 8.44. The van der Waals surface area contributed by atoms with Gasteiger partial charge in [0, 0.05) is 20.1 Å². The van der Waals surface area contributed by atoms with Crippen molar-refractivity contribution in [2.75, 3.05) is 30.4 Å². The quantitative estimate of drug-likeness (QED) is 0.649. The second-order valence-electron chi connectivity index (χ2n) is 5.24. The van der Waals surface area contributed by atoms with E-state index in [1.54, 1.807) is 7.05 Å². The van der Waals surface area contributed by atoms with Gasteiger partial charge in [-0.15, -0.1) is 0 Å². The van der Waals surface area contributed by atoms with Crippen LogP contribution in [0.4, 0.5) is 17.3 Å². The molecule has 0 bridgehead atoms. The second kappa shape index (κ2) is 4.40. The molecule has 1 aliphatic heterocycles. The molecule has 0 spiro atoms. The van der Waals surface area contributed by atoms with Gasteiger partial charge < -0.3 is 10.2 Å². The van der Waals surface area contributed by atoms with Crippen LogP contribution < -0.4 is 10.2 Å². The van der Waals surface area contributed by atoms with Gasteiger partial charge in [-0.1, -0.05) is 13.8 Å². The van der Waals surface area contributed by atoms with E-state index in [-0.39, 0.29) is 16.9 Å². The Balaban J connectivity index is 2.42. The molecule has 0 radical (unpaired) electrons. The van der Waals surface area contributed by atoms with Crippen molar-refractivity contribution in [2.45, 2.75) is 20.3 Å². The zero-order chi connectivity index (χ0) is 13.3. The van der Waals surface area contributed by atoms with E-state index in [9.17, 15) is 10.1 Å². The van der Waals surface area contributed by atoms with Crippen LogP contribution >= 0.6 is 0 Å². The third-order valence-corrected chi connectivity index (χ3v) is 3.20. The van der Waals surface area contributed by atoms with Crippen molar-refractivity contribution in [1.29, 1.82) is 0 Å². The van der Waals surface area contributed by atoms with E-state index in [0.717, 1.165) is 19.5 Å². The van der Waals surface area contributed by atoms with E-state index in [2.05, 4.69) is 29.1 Å². The number of nitrogens with zero attached hydrogens (tertiary/aromatic N) is 4. The van der Waals surface area contributed by atoms with Crippen molar-refractivity contribution in [3.8, 4) is 0 Å². The fraction of sp³-hybridized carbons (Fsp3) is 0.636. The molecule has 1 saturated heterocycles. The molecule has 7 heteroatoms. The first-order valence-electron chi connectivity index (χ1n) is 5.87. The molecule has 2 heterocycles. The van der Waals surface area contributed by atoms with Crippen LogP contribution in [0.15, 0.2) is 6.33 Å². The molecule has 0 aromatic carbocycles. The monoisotopic (exact) mass is 251 g/mol. The summed E-state index contributed by atoms with van der Waals surface area (Å²) in [4.78, 5) is 20.7. The normalized spacial score (nSPS) is 17.8. The molecular formula is C11H17N5O2. The molecule has 0 amide bonds. The predicted octanol–water partition coefficient (Wildman–Crippen LogP) is 1.66. The number of nitrogens with one attached hydrogen (secondary N) is 1. The highest BCUT2D eigenvalue weighted by Gasteiger charge is 2.35. The minimum atomic E-state index is -0.424. The molecule has 2 rings (SSSR count). The van der Waals surface area contributed by atoms with Gasteiger partial charge in [0.2, 0.25) is 11.6 Å². The molecule has 98 valence electrons. The maximum atomic E-state index is 11.2. The molecule has 7 nitrogen and oxygen atoms in total. The summed E-state index contributed by atoms with van der Waals surface area (Å²) in [7, 11) is 1.62. The van der Waals surface area contributed by atoms with Gasteiger partial charge in [-0.2, -0.15) is 0 Å². The highest BCUT2D eigenvalue weighted by atomic mass is 16.6. The van der Waals surface area contributed by atoms with Crippen molar-refractivity contribution in [1.82, 2.24) is 9.97 Å². The zero-order valence-electron chi connectivity index (χ0n) is 10.8. The van der Waals surface area contributed by atoms with Gasteiger partial charge in [-0.05, 0) is 11.8 Å². The molecule has 1 fully saturated rings. The van der Waals surface area contributed by atoms with Crippen LogP contribution in [0.3, 0.4) is 0 Å². The Morgan fingerprint density at radius 1 is 1.50 bits per heavy atom. The molecule has 1 N–H and O–H groups in total. The Bertz CT molecular complexity index is 475. The van der Waals surface area contributed by atoms with E-state index in [0.29, 0.717) is 5.82 Å². The lowest BCUT2D eigenvalue weighted by molar-refractivity contribution is -0.383. The van der Waals surface area contributed by atoms with Crippen LogP contribution in [-0.4, -0.2) is 35.0 Å². The number of anilines is 2. The summed E-state index contributed by atoms with van der Waals surface area (Å²) >= 11 is 0. The zero-order valence-corrected chi connectivity index (χ0v) is 10.8. The number of aromatic nitrogens is 2. The molecular weight excluding hydrogens is 234 g/mol. The predicted molar refractivity (Wildman–Crippen MR) is 68.8 cm³/mol. The van der Waals surface area contributed by atoms with E-state index >= 15 is 0 Å². The Morgan fingerprint density at radius 2 is 2.22 bits per heavy atom. The molecule has 0 atom stereocenters. The lowest BCUT2D eigenvalue weighted by atomic mass is 9.93. The maximum absolute atomic E-state index is 11.2. The Labute approximate surface area is 105 Å². The van der Waals surface area contributed by atoms with Gasteiger partial charge in [0.05, 0.1) is 4.92 Å². The molecule has 18 heavy (non-hydrogen) atoms. The molecule has 0 unspecified atom stereocenters. The summed E-state index contributed by atoms with van der Waals surface area (Å²) in [6, 6.07) is 0. The van der Waals surface area contributed by atoms with Gasteiger partial charge in [0.15, 0.2) is 0 Å². The smallest absolute Gasteiger partial charge is 0.353 e. The Hall–Kier alpha value is -1.92. The largest absolute Gasteiger partial charge is 0.367 e. The SMILES string of the molecule is CNc1ncnc(N2CCC(C)(C)C2)c1[N+](=O)[O-]. The van der Waals surface area contributed by atoms with Crippen LogP contribution in [0.1, 0.15) is 20.3 Å². The van der Waals surface area contributed by atoms with Gasteiger partial charge in [0.1, 0.15) is 6.33 Å². The van der Waals surface area contributed by atoms with Gasteiger partial charge in [-0.3, -0.25) is 10.1 Å². The summed E-state index contributed by atoms with van der Waals surface area (Å²) in [5.41, 5.74) is 0.122. The molecule has 1 aromatic rings. The third kappa shape index (κ3) is 2.20. The Morgan fingerprint density at radius 3 is 2.72 bits per heavy atom. The number of hydrogen-bond acceptors (Lipinski definition) is 6. The lowest BCUT2D eigenvalue weighted by Crippen LogP contribution is -2.25. The van der Waals surface area contributed by atoms with E-state index in [1.165, 1.54) is 6.33 Å². The number of hydrogen-bond donors (Lipinski definition) is 1. The molecule has 1 aliphatic rings. The van der Waals surface area contributed by atoms with Crippen LogP contribution in [-0.2, 0) is 0 Å². The Kier molecular flexibility index (Phi) is 3.06. The van der Waals surface area contributed by atoms with Gasteiger partial charge >= 0.3 is 5.69 Å². The van der Waals surface area contributed by atoms with Crippen molar-refractivity contribution < 1.29 is 4.92 Å². The first-order valence-corrected chi connectivity index (χ1v) is 5.87. The summed E-state index contributed by atoms with van der Waals surface area (Å²) in [5.74, 6) is 0.666. The topological polar surface area (TPSA) is 84.2 Å². The van der Waals surface area contributed by atoms with Gasteiger partial charge in [0.25, 0.3) is 0 Å². The van der Waals surface area contributed by atoms with Crippen LogP contribution in [0.2, 0.25) is 0 Å². The highest BCUT2D eigenvalue weighted by molar-refractivity contribution is 5.70. The summed E-state index contributed by atoms with van der Waals surface area (Å²) in [6.45, 7) is 5.86. The van der Waals surface area contributed by atoms with Crippen LogP contribution in [0.5, 0.6) is 0 Å². The molecule has 0 saturated carbocycles. The van der Waals surface area contributed by atoms with E-state index in [4.69, 9.17) is 0 Å². The lowest BCUT2D eigenvalue weighted by Gasteiger charge is -2.20. The third-order valence-electron chi connectivity index (χ3n) is 3.20. The molecule has 1 aromatic heterocycles. The van der Waals surface area contributed by atoms with E-state index < -0.39 is 4.92 Å². The van der Waals surface area contributed by atoms with Crippen molar-refractivity contribution in [2.24, 2.45) is 5.41 Å². The van der Waals surface area contributed by atoms with Crippen LogP contribution in [0.25, 0.3) is 0 Å². The average molecular weight is 251 g/mol. The summed E-state index contributed by atoms with van der Waals surface area (Å²) in [6.07, 6.45) is 2.36. The van der Waals surface area contributed by atoms with E-state index in [1.807, 2.05) is 4.90 Å². The fourth-order valence-corrected chi connectivity index (χ4v) is 2.25.